The van der Waals surface area contributed by atoms with Crippen molar-refractivity contribution >= 4 is 43.6 Å². The van der Waals surface area contributed by atoms with Gasteiger partial charge in [-0.15, -0.1) is 5.10 Å². The third kappa shape index (κ3) is 4.37. The van der Waals surface area contributed by atoms with Crippen LogP contribution in [0.25, 0.3) is 21.8 Å². The lowest BCUT2D eigenvalue weighted by Crippen LogP contribution is -2.28. The number of hydrogen-bond acceptors (Lipinski definition) is 4. The number of nitrogens with zero attached hydrogens (tertiary/aromatic N) is 4. The monoisotopic (exact) mass is 453 g/mol. The van der Waals surface area contributed by atoms with Gasteiger partial charge in [-0.25, -0.2) is 4.68 Å². The minimum Gasteiger partial charge on any atom is -0.354 e. The summed E-state index contributed by atoms with van der Waals surface area (Å²) in [4.78, 5) is 24.5. The van der Waals surface area contributed by atoms with Crippen LogP contribution in [0.4, 0.5) is 0 Å². The minimum atomic E-state index is -0.179. The minimum absolute atomic E-state index is 0.0361. The van der Waals surface area contributed by atoms with E-state index in [1.54, 1.807) is 18.2 Å². The molecule has 0 saturated carbocycles. The zero-order valence-corrected chi connectivity index (χ0v) is 17.3. The number of carbonyl (C=O) groups is 1. The molecular weight excluding hydrogens is 434 g/mol. The topological polar surface area (TPSA) is 81.8 Å². The fourth-order valence-corrected chi connectivity index (χ4v) is 3.71. The quantitative estimate of drug-likeness (QED) is 0.466. The first-order valence-corrected chi connectivity index (χ1v) is 10.2. The van der Waals surface area contributed by atoms with Gasteiger partial charge in [0.25, 0.3) is 5.56 Å². The van der Waals surface area contributed by atoms with Crippen LogP contribution >= 0.6 is 15.9 Å². The van der Waals surface area contributed by atoms with Gasteiger partial charge in [0, 0.05) is 47.6 Å². The fraction of sp³-hybridized carbons (Fsp3) is 0.238. The van der Waals surface area contributed by atoms with Crippen molar-refractivity contribution in [1.29, 1.82) is 0 Å². The van der Waals surface area contributed by atoms with Crippen molar-refractivity contribution < 1.29 is 4.79 Å². The van der Waals surface area contributed by atoms with Crippen molar-refractivity contribution in [2.75, 3.05) is 6.54 Å². The molecule has 0 bridgehead atoms. The summed E-state index contributed by atoms with van der Waals surface area (Å²) in [7, 11) is 0. The summed E-state index contributed by atoms with van der Waals surface area (Å²) in [6.45, 7) is 1.61. The molecular formula is C21H20BrN5O2. The molecule has 8 heteroatoms. The Hall–Kier alpha value is -3.00. The first kappa shape index (κ1) is 19.3. The second kappa shape index (κ2) is 8.57. The molecule has 0 aliphatic carbocycles. The Morgan fingerprint density at radius 1 is 1.10 bits per heavy atom. The summed E-state index contributed by atoms with van der Waals surface area (Å²) >= 11 is 3.47. The highest BCUT2D eigenvalue weighted by Crippen LogP contribution is 2.20. The molecule has 0 unspecified atom stereocenters. The maximum atomic E-state index is 12.4. The standard InChI is InChI=1S/C21H20BrN5O2/c22-16-7-8-19-15(14-16)9-12-26(19)13-10-23-20(28)6-3-11-27-21(29)17-4-1-2-5-18(17)24-25-27/h1-2,4-5,7-9,12,14H,3,6,10-11,13H2,(H,23,28). The number of aromatic nitrogens is 4. The van der Waals surface area contributed by atoms with Crippen molar-refractivity contribution in [3.05, 3.63) is 69.6 Å². The van der Waals surface area contributed by atoms with Gasteiger partial charge >= 0.3 is 0 Å². The Morgan fingerprint density at radius 2 is 1.97 bits per heavy atom. The molecule has 0 radical (unpaired) electrons. The Kier molecular flexibility index (Phi) is 5.71. The van der Waals surface area contributed by atoms with Gasteiger partial charge in [0.1, 0.15) is 5.52 Å². The van der Waals surface area contributed by atoms with E-state index in [-0.39, 0.29) is 11.5 Å². The maximum absolute atomic E-state index is 12.4. The van der Waals surface area contributed by atoms with Gasteiger partial charge in [0.05, 0.1) is 5.39 Å². The molecule has 4 rings (SSSR count). The Morgan fingerprint density at radius 3 is 2.86 bits per heavy atom. The number of halogens is 1. The SMILES string of the molecule is O=C(CCCn1nnc2ccccc2c1=O)NCCn1ccc2cc(Br)ccc21. The molecule has 0 fully saturated rings. The average Bonchev–Trinajstić information content (AvgIpc) is 3.12. The molecule has 0 atom stereocenters. The van der Waals surface area contributed by atoms with E-state index in [4.69, 9.17) is 0 Å². The zero-order chi connectivity index (χ0) is 20.2. The van der Waals surface area contributed by atoms with Crippen molar-refractivity contribution in [3.63, 3.8) is 0 Å². The van der Waals surface area contributed by atoms with Gasteiger partial charge < -0.3 is 9.88 Å². The van der Waals surface area contributed by atoms with E-state index in [9.17, 15) is 9.59 Å². The van der Waals surface area contributed by atoms with Crippen LogP contribution < -0.4 is 10.9 Å². The van der Waals surface area contributed by atoms with Gasteiger partial charge in [0.2, 0.25) is 5.91 Å². The molecule has 1 N–H and O–H groups in total. The van der Waals surface area contributed by atoms with E-state index in [0.717, 1.165) is 15.4 Å². The summed E-state index contributed by atoms with van der Waals surface area (Å²) in [5.41, 5.74) is 1.54. The van der Waals surface area contributed by atoms with Crippen LogP contribution in [-0.2, 0) is 17.9 Å². The number of fused-ring (bicyclic) bond motifs is 2. The Bertz CT molecular complexity index is 1230. The van der Waals surface area contributed by atoms with Crippen LogP contribution in [0.2, 0.25) is 0 Å². The highest BCUT2D eigenvalue weighted by molar-refractivity contribution is 9.10. The lowest BCUT2D eigenvalue weighted by atomic mass is 10.2. The van der Waals surface area contributed by atoms with Gasteiger partial charge in [-0.3, -0.25) is 9.59 Å². The predicted octanol–water partition coefficient (Wildman–Crippen LogP) is 3.11. The number of nitrogens with one attached hydrogen (secondary N) is 1. The van der Waals surface area contributed by atoms with Gasteiger partial charge in [0.15, 0.2) is 0 Å². The molecule has 2 aromatic heterocycles. The zero-order valence-electron chi connectivity index (χ0n) is 15.7. The number of rotatable bonds is 7. The van der Waals surface area contributed by atoms with E-state index in [2.05, 4.69) is 54.3 Å². The molecule has 0 saturated heterocycles. The summed E-state index contributed by atoms with van der Waals surface area (Å²) in [5.74, 6) is -0.0361. The summed E-state index contributed by atoms with van der Waals surface area (Å²) in [6.07, 6.45) is 2.88. The third-order valence-electron chi connectivity index (χ3n) is 4.81. The van der Waals surface area contributed by atoms with Crippen LogP contribution in [0.1, 0.15) is 12.8 Å². The summed E-state index contributed by atoms with van der Waals surface area (Å²) in [6, 6.07) is 15.3. The number of carbonyl (C=O) groups excluding carboxylic acids is 1. The molecule has 0 spiro atoms. The molecule has 148 valence electrons. The summed E-state index contributed by atoms with van der Waals surface area (Å²) in [5, 5.41) is 12.6. The van der Waals surface area contributed by atoms with Crippen molar-refractivity contribution in [3.8, 4) is 0 Å². The lowest BCUT2D eigenvalue weighted by molar-refractivity contribution is -0.121. The van der Waals surface area contributed by atoms with Crippen LogP contribution in [0.15, 0.2) is 64.0 Å². The average molecular weight is 454 g/mol. The Balaban J connectivity index is 1.26. The summed E-state index contributed by atoms with van der Waals surface area (Å²) < 4.78 is 4.48. The van der Waals surface area contributed by atoms with E-state index in [1.165, 1.54) is 4.68 Å². The van der Waals surface area contributed by atoms with Gasteiger partial charge in [-0.05, 0) is 42.8 Å². The number of benzene rings is 2. The molecule has 4 aromatic rings. The largest absolute Gasteiger partial charge is 0.354 e. The Labute approximate surface area is 175 Å². The second-order valence-corrected chi connectivity index (χ2v) is 7.72. The van der Waals surface area contributed by atoms with Crippen LogP contribution in [0.3, 0.4) is 0 Å². The van der Waals surface area contributed by atoms with Crippen molar-refractivity contribution in [2.45, 2.75) is 25.9 Å². The molecule has 2 heterocycles. The van der Waals surface area contributed by atoms with E-state index < -0.39 is 0 Å². The van der Waals surface area contributed by atoms with Crippen LogP contribution in [0.5, 0.6) is 0 Å². The predicted molar refractivity (Wildman–Crippen MR) is 116 cm³/mol. The number of amides is 1. The first-order valence-electron chi connectivity index (χ1n) is 9.45. The van der Waals surface area contributed by atoms with Gasteiger partial charge in [-0.1, -0.05) is 33.3 Å². The van der Waals surface area contributed by atoms with E-state index in [0.29, 0.717) is 43.4 Å². The second-order valence-electron chi connectivity index (χ2n) is 6.80. The van der Waals surface area contributed by atoms with Crippen molar-refractivity contribution in [2.24, 2.45) is 0 Å². The lowest BCUT2D eigenvalue weighted by Gasteiger charge is -2.08. The normalized spacial score (nSPS) is 11.2. The van der Waals surface area contributed by atoms with Gasteiger partial charge in [-0.2, -0.15) is 0 Å². The van der Waals surface area contributed by atoms with E-state index >= 15 is 0 Å². The highest BCUT2D eigenvalue weighted by atomic mass is 79.9. The van der Waals surface area contributed by atoms with Crippen LogP contribution in [0, 0.1) is 0 Å². The van der Waals surface area contributed by atoms with E-state index in [1.807, 2.05) is 18.3 Å². The number of hydrogen-bond donors (Lipinski definition) is 1. The molecule has 2 aromatic carbocycles. The third-order valence-corrected chi connectivity index (χ3v) is 5.30. The van der Waals surface area contributed by atoms with Crippen molar-refractivity contribution in [1.82, 2.24) is 24.9 Å². The first-order chi connectivity index (χ1) is 14.1. The molecule has 29 heavy (non-hydrogen) atoms. The van der Waals surface area contributed by atoms with Crippen LogP contribution in [-0.4, -0.2) is 32.0 Å². The number of aryl methyl sites for hydroxylation is 1. The molecule has 1 amide bonds. The smallest absolute Gasteiger partial charge is 0.277 e. The molecule has 7 nitrogen and oxygen atoms in total. The molecule has 0 aliphatic heterocycles. The maximum Gasteiger partial charge on any atom is 0.277 e. The highest BCUT2D eigenvalue weighted by Gasteiger charge is 2.07. The molecule has 0 aliphatic rings. The fourth-order valence-electron chi connectivity index (χ4n) is 3.33.